The number of hydrazone groups is 1. The topological polar surface area (TPSA) is 42.9 Å². The van der Waals surface area contributed by atoms with Gasteiger partial charge in [-0.2, -0.15) is 5.10 Å². The van der Waals surface area contributed by atoms with Gasteiger partial charge in [-0.25, -0.2) is 0 Å². The Balaban J connectivity index is 1.73. The molecule has 1 aliphatic heterocycles. The van der Waals surface area contributed by atoms with E-state index < -0.39 is 0 Å². The van der Waals surface area contributed by atoms with Crippen LogP contribution in [0.2, 0.25) is 5.02 Å². The van der Waals surface area contributed by atoms with Crippen molar-refractivity contribution in [2.45, 2.75) is 6.92 Å². The first-order chi connectivity index (χ1) is 9.72. The molecule has 0 fully saturated rings. The number of hydrogen-bond donors (Lipinski definition) is 1. The third-order valence-electron chi connectivity index (χ3n) is 2.91. The van der Waals surface area contributed by atoms with Gasteiger partial charge in [0.05, 0.1) is 16.9 Å². The highest BCUT2D eigenvalue weighted by molar-refractivity contribution is 6.32. The van der Waals surface area contributed by atoms with Crippen LogP contribution in [-0.4, -0.2) is 13.0 Å². The van der Waals surface area contributed by atoms with Crippen molar-refractivity contribution in [1.82, 2.24) is 0 Å². The first-order valence-corrected chi connectivity index (χ1v) is 6.55. The van der Waals surface area contributed by atoms with Gasteiger partial charge in [0.2, 0.25) is 6.79 Å². The van der Waals surface area contributed by atoms with Crippen LogP contribution in [0, 0.1) is 6.92 Å². The van der Waals surface area contributed by atoms with Crippen molar-refractivity contribution >= 4 is 23.5 Å². The summed E-state index contributed by atoms with van der Waals surface area (Å²) in [6.07, 6.45) is 1.69. The van der Waals surface area contributed by atoms with Crippen molar-refractivity contribution in [1.29, 1.82) is 0 Å². The lowest BCUT2D eigenvalue weighted by molar-refractivity contribution is 0.174. The fourth-order valence-electron chi connectivity index (χ4n) is 1.87. The van der Waals surface area contributed by atoms with E-state index >= 15 is 0 Å². The van der Waals surface area contributed by atoms with Crippen LogP contribution in [0.15, 0.2) is 41.5 Å². The van der Waals surface area contributed by atoms with Gasteiger partial charge in [-0.05, 0) is 36.8 Å². The summed E-state index contributed by atoms with van der Waals surface area (Å²) < 4.78 is 10.6. The lowest BCUT2D eigenvalue weighted by Crippen LogP contribution is -1.93. The summed E-state index contributed by atoms with van der Waals surface area (Å²) >= 11 is 6.10. The van der Waals surface area contributed by atoms with E-state index in [0.29, 0.717) is 16.5 Å². The second kappa shape index (κ2) is 5.43. The van der Waals surface area contributed by atoms with Crippen LogP contribution in [0.4, 0.5) is 5.69 Å². The fourth-order valence-corrected chi connectivity index (χ4v) is 2.14. The molecule has 102 valence electrons. The zero-order chi connectivity index (χ0) is 13.9. The van der Waals surface area contributed by atoms with Crippen LogP contribution >= 0.6 is 11.6 Å². The van der Waals surface area contributed by atoms with E-state index in [0.717, 1.165) is 11.3 Å². The van der Waals surface area contributed by atoms with E-state index in [4.69, 9.17) is 21.1 Å². The molecule has 3 rings (SSSR count). The molecular formula is C15H13ClN2O2. The summed E-state index contributed by atoms with van der Waals surface area (Å²) in [4.78, 5) is 0. The number of nitrogens with zero attached hydrogens (tertiary/aromatic N) is 1. The van der Waals surface area contributed by atoms with E-state index in [1.165, 1.54) is 5.56 Å². The molecular weight excluding hydrogens is 276 g/mol. The first kappa shape index (κ1) is 12.8. The molecule has 0 aromatic heterocycles. The van der Waals surface area contributed by atoms with Crippen molar-refractivity contribution in [2.75, 3.05) is 12.2 Å². The molecule has 20 heavy (non-hydrogen) atoms. The Morgan fingerprint density at radius 2 is 2.00 bits per heavy atom. The molecule has 1 aliphatic rings. The molecule has 0 radical (unpaired) electrons. The van der Waals surface area contributed by atoms with Crippen LogP contribution in [0.5, 0.6) is 11.5 Å². The van der Waals surface area contributed by atoms with Gasteiger partial charge in [0.25, 0.3) is 0 Å². The Morgan fingerprint density at radius 1 is 1.20 bits per heavy atom. The second-order valence-electron chi connectivity index (χ2n) is 4.47. The number of fused-ring (bicyclic) bond motifs is 1. The standard InChI is InChI=1S/C15H13ClN2O2/c1-10-2-4-12(5-3-10)18-17-8-11-6-13(16)15-14(7-11)19-9-20-15/h2-8,18H,9H2,1H3/b17-8-. The molecule has 0 saturated heterocycles. The predicted molar refractivity (Wildman–Crippen MR) is 80.0 cm³/mol. The molecule has 0 amide bonds. The Bertz CT molecular complexity index is 654. The molecule has 1 heterocycles. The van der Waals surface area contributed by atoms with Gasteiger partial charge < -0.3 is 9.47 Å². The van der Waals surface area contributed by atoms with Gasteiger partial charge in [-0.1, -0.05) is 29.3 Å². The van der Waals surface area contributed by atoms with Crippen LogP contribution in [0.3, 0.4) is 0 Å². The first-order valence-electron chi connectivity index (χ1n) is 6.17. The van der Waals surface area contributed by atoms with Gasteiger partial charge in [0, 0.05) is 0 Å². The molecule has 2 aromatic rings. The molecule has 0 spiro atoms. The average molecular weight is 289 g/mol. The van der Waals surface area contributed by atoms with Crippen molar-refractivity contribution < 1.29 is 9.47 Å². The third kappa shape index (κ3) is 2.70. The zero-order valence-electron chi connectivity index (χ0n) is 10.9. The highest BCUT2D eigenvalue weighted by atomic mass is 35.5. The quantitative estimate of drug-likeness (QED) is 0.689. The van der Waals surface area contributed by atoms with Crippen molar-refractivity contribution in [2.24, 2.45) is 5.10 Å². The number of rotatable bonds is 3. The normalized spacial score (nSPS) is 12.9. The Morgan fingerprint density at radius 3 is 2.80 bits per heavy atom. The predicted octanol–water partition coefficient (Wildman–Crippen LogP) is 3.82. The number of aryl methyl sites for hydroxylation is 1. The van der Waals surface area contributed by atoms with E-state index in [9.17, 15) is 0 Å². The molecule has 0 atom stereocenters. The van der Waals surface area contributed by atoms with Gasteiger partial charge in [0.1, 0.15) is 0 Å². The van der Waals surface area contributed by atoms with Gasteiger partial charge in [-0.15, -0.1) is 0 Å². The molecule has 2 aromatic carbocycles. The summed E-state index contributed by atoms with van der Waals surface area (Å²) in [5, 5.41) is 4.70. The third-order valence-corrected chi connectivity index (χ3v) is 3.19. The summed E-state index contributed by atoms with van der Waals surface area (Å²) in [6.45, 7) is 2.25. The van der Waals surface area contributed by atoms with Gasteiger partial charge in [0.15, 0.2) is 11.5 Å². The number of halogens is 1. The summed E-state index contributed by atoms with van der Waals surface area (Å²) in [5.41, 5.74) is 5.95. The van der Waals surface area contributed by atoms with E-state index in [2.05, 4.69) is 10.5 Å². The number of anilines is 1. The van der Waals surface area contributed by atoms with Crippen molar-refractivity contribution in [3.05, 3.63) is 52.5 Å². The molecule has 1 N–H and O–H groups in total. The number of ether oxygens (including phenoxy) is 2. The second-order valence-corrected chi connectivity index (χ2v) is 4.88. The lowest BCUT2D eigenvalue weighted by atomic mass is 10.2. The Kier molecular flexibility index (Phi) is 3.48. The van der Waals surface area contributed by atoms with E-state index in [1.807, 2.05) is 37.3 Å². The fraction of sp³-hybridized carbons (Fsp3) is 0.133. The summed E-state index contributed by atoms with van der Waals surface area (Å²) in [6, 6.07) is 11.6. The minimum absolute atomic E-state index is 0.206. The largest absolute Gasteiger partial charge is 0.454 e. The maximum absolute atomic E-state index is 6.10. The SMILES string of the molecule is Cc1ccc(N/N=C\c2cc(Cl)c3c(c2)OCO3)cc1. The Labute approximate surface area is 122 Å². The van der Waals surface area contributed by atoms with E-state index in [1.54, 1.807) is 12.3 Å². The molecule has 0 unspecified atom stereocenters. The molecule has 0 aliphatic carbocycles. The highest BCUT2D eigenvalue weighted by Gasteiger charge is 2.17. The summed E-state index contributed by atoms with van der Waals surface area (Å²) in [7, 11) is 0. The molecule has 0 saturated carbocycles. The van der Waals surface area contributed by atoms with Gasteiger partial charge in [-0.3, -0.25) is 5.43 Å². The lowest BCUT2D eigenvalue weighted by Gasteiger charge is -2.02. The molecule has 5 heteroatoms. The monoisotopic (exact) mass is 288 g/mol. The molecule has 4 nitrogen and oxygen atoms in total. The van der Waals surface area contributed by atoms with Crippen LogP contribution < -0.4 is 14.9 Å². The van der Waals surface area contributed by atoms with Crippen LogP contribution in [0.25, 0.3) is 0 Å². The minimum Gasteiger partial charge on any atom is -0.454 e. The number of nitrogens with one attached hydrogen (secondary N) is 1. The Hall–Kier alpha value is -2.20. The van der Waals surface area contributed by atoms with Crippen LogP contribution in [-0.2, 0) is 0 Å². The van der Waals surface area contributed by atoms with E-state index in [-0.39, 0.29) is 6.79 Å². The maximum atomic E-state index is 6.10. The average Bonchev–Trinajstić information content (AvgIpc) is 2.90. The zero-order valence-corrected chi connectivity index (χ0v) is 11.6. The van der Waals surface area contributed by atoms with Crippen LogP contribution in [0.1, 0.15) is 11.1 Å². The highest BCUT2D eigenvalue weighted by Crippen LogP contribution is 2.39. The smallest absolute Gasteiger partial charge is 0.231 e. The van der Waals surface area contributed by atoms with Gasteiger partial charge >= 0.3 is 0 Å². The van der Waals surface area contributed by atoms with Crippen molar-refractivity contribution in [3.63, 3.8) is 0 Å². The molecule has 0 bridgehead atoms. The van der Waals surface area contributed by atoms with Crippen molar-refractivity contribution in [3.8, 4) is 11.5 Å². The summed E-state index contributed by atoms with van der Waals surface area (Å²) in [5.74, 6) is 1.24. The maximum Gasteiger partial charge on any atom is 0.231 e. The number of hydrogen-bond acceptors (Lipinski definition) is 4. The number of benzene rings is 2. The minimum atomic E-state index is 0.206.